The predicted molar refractivity (Wildman–Crippen MR) is 143 cm³/mol. The first-order valence-corrected chi connectivity index (χ1v) is 12.4. The number of benzene rings is 3. The van der Waals surface area contributed by atoms with Crippen molar-refractivity contribution in [2.45, 2.75) is 46.3 Å². The minimum absolute atomic E-state index is 0.0244. The zero-order chi connectivity index (χ0) is 27.6. The average molecular weight is 523 g/mol. The van der Waals surface area contributed by atoms with E-state index in [4.69, 9.17) is 4.98 Å². The monoisotopic (exact) mass is 522 g/mol. The number of hydrogen-bond acceptors (Lipinski definition) is 3. The van der Waals surface area contributed by atoms with Gasteiger partial charge in [-0.2, -0.15) is 13.2 Å². The molecule has 4 rings (SSSR count). The van der Waals surface area contributed by atoms with Crippen LogP contribution >= 0.6 is 0 Å². The maximum absolute atomic E-state index is 13.8. The number of carbonyl (C=O) groups excluding carboxylic acids is 1. The van der Waals surface area contributed by atoms with Crippen LogP contribution in [-0.2, 0) is 6.18 Å². The summed E-state index contributed by atoms with van der Waals surface area (Å²) in [7, 11) is 0. The van der Waals surface area contributed by atoms with Crippen LogP contribution in [0.5, 0.6) is 0 Å². The third-order valence-corrected chi connectivity index (χ3v) is 6.40. The van der Waals surface area contributed by atoms with E-state index in [1.165, 1.54) is 21.6 Å². The first kappa shape index (κ1) is 26.9. The Morgan fingerprint density at radius 2 is 1.79 bits per heavy atom. The van der Waals surface area contributed by atoms with Gasteiger partial charge in [-0.05, 0) is 69.2 Å². The molecule has 1 atom stereocenters. The number of aryl methyl sites for hydroxylation is 2. The number of urea groups is 1. The molecule has 3 aromatic carbocycles. The molecule has 1 unspecified atom stereocenters. The van der Waals surface area contributed by atoms with E-state index in [-0.39, 0.29) is 11.2 Å². The molecule has 0 saturated carbocycles. The fourth-order valence-electron chi connectivity index (χ4n) is 4.54. The van der Waals surface area contributed by atoms with Crippen LogP contribution in [0.2, 0.25) is 0 Å². The van der Waals surface area contributed by atoms with E-state index in [1.807, 2.05) is 39.0 Å². The van der Waals surface area contributed by atoms with Gasteiger partial charge in [-0.15, -0.1) is 0 Å². The van der Waals surface area contributed by atoms with Crippen LogP contribution in [0.1, 0.15) is 48.8 Å². The lowest BCUT2D eigenvalue weighted by atomic mass is 10.1. The van der Waals surface area contributed by atoms with Crippen LogP contribution in [-0.4, -0.2) is 27.0 Å². The third-order valence-electron chi connectivity index (χ3n) is 6.40. The number of amides is 2. The van der Waals surface area contributed by atoms with Crippen molar-refractivity contribution in [3.63, 3.8) is 0 Å². The van der Waals surface area contributed by atoms with Gasteiger partial charge in [-0.25, -0.2) is 9.78 Å². The van der Waals surface area contributed by atoms with Crippen molar-refractivity contribution in [1.29, 1.82) is 0 Å². The number of carbonyl (C=O) groups is 1. The standard InChI is InChI=1S/C29H29F3N4O2/c1-5-15-35(28(38)33-22-10-8-9-21(17-22)29(30,31)32)20(4)26-34-24-12-7-6-11-23(24)27(37)36(26)25-14-13-18(2)16-19(25)3/h6-14,16-17,20H,5,15H2,1-4H3,(H,33,38). The molecule has 1 heterocycles. The van der Waals surface area contributed by atoms with Crippen molar-refractivity contribution in [2.24, 2.45) is 0 Å². The number of aromatic nitrogens is 2. The molecule has 0 bridgehead atoms. The molecule has 0 aliphatic carbocycles. The fourth-order valence-corrected chi connectivity index (χ4v) is 4.54. The summed E-state index contributed by atoms with van der Waals surface area (Å²) < 4.78 is 41.1. The van der Waals surface area contributed by atoms with Gasteiger partial charge in [0.2, 0.25) is 0 Å². The van der Waals surface area contributed by atoms with E-state index in [1.54, 1.807) is 31.2 Å². The normalized spacial score (nSPS) is 12.4. The highest BCUT2D eigenvalue weighted by Crippen LogP contribution is 2.31. The number of nitrogens with zero attached hydrogens (tertiary/aromatic N) is 3. The molecule has 0 aliphatic rings. The third kappa shape index (κ3) is 5.41. The molecule has 198 valence electrons. The molecule has 0 aliphatic heterocycles. The molecular weight excluding hydrogens is 493 g/mol. The van der Waals surface area contributed by atoms with E-state index in [9.17, 15) is 22.8 Å². The Balaban J connectivity index is 1.81. The SMILES string of the molecule is CCCN(C(=O)Nc1cccc(C(F)(F)F)c1)C(C)c1nc2ccccc2c(=O)n1-c1ccc(C)cc1C. The molecule has 2 amide bonds. The van der Waals surface area contributed by atoms with E-state index in [0.29, 0.717) is 35.4 Å². The van der Waals surface area contributed by atoms with Crippen LogP contribution < -0.4 is 10.9 Å². The van der Waals surface area contributed by atoms with E-state index < -0.39 is 23.8 Å². The molecule has 38 heavy (non-hydrogen) atoms. The van der Waals surface area contributed by atoms with Gasteiger partial charge < -0.3 is 10.2 Å². The van der Waals surface area contributed by atoms with Gasteiger partial charge in [0.15, 0.2) is 0 Å². The van der Waals surface area contributed by atoms with Crippen molar-refractivity contribution >= 4 is 22.6 Å². The summed E-state index contributed by atoms with van der Waals surface area (Å²) in [6, 6.07) is 16.0. The first-order chi connectivity index (χ1) is 18.0. The Bertz CT molecular complexity index is 1550. The summed E-state index contributed by atoms with van der Waals surface area (Å²) >= 11 is 0. The summed E-state index contributed by atoms with van der Waals surface area (Å²) in [5.41, 5.74) is 1.95. The Hall–Kier alpha value is -4.14. The molecular formula is C29H29F3N4O2. The first-order valence-electron chi connectivity index (χ1n) is 12.4. The fraction of sp³-hybridized carbons (Fsp3) is 0.276. The Labute approximate surface area is 218 Å². The van der Waals surface area contributed by atoms with Gasteiger partial charge in [0, 0.05) is 12.2 Å². The zero-order valence-corrected chi connectivity index (χ0v) is 21.6. The number of para-hydroxylation sites is 1. The van der Waals surface area contributed by atoms with Gasteiger partial charge in [0.25, 0.3) is 5.56 Å². The summed E-state index contributed by atoms with van der Waals surface area (Å²) in [5, 5.41) is 3.04. The minimum atomic E-state index is -4.53. The molecule has 0 fully saturated rings. The molecule has 6 nitrogen and oxygen atoms in total. The molecule has 0 radical (unpaired) electrons. The van der Waals surface area contributed by atoms with Gasteiger partial charge in [-0.3, -0.25) is 9.36 Å². The largest absolute Gasteiger partial charge is 0.416 e. The highest BCUT2D eigenvalue weighted by atomic mass is 19.4. The lowest BCUT2D eigenvalue weighted by Crippen LogP contribution is -2.40. The highest BCUT2D eigenvalue weighted by Gasteiger charge is 2.31. The van der Waals surface area contributed by atoms with Crippen molar-refractivity contribution in [2.75, 3.05) is 11.9 Å². The summed E-state index contributed by atoms with van der Waals surface area (Å²) in [5.74, 6) is 0.355. The highest BCUT2D eigenvalue weighted by molar-refractivity contribution is 5.89. The van der Waals surface area contributed by atoms with Crippen LogP contribution in [0.25, 0.3) is 16.6 Å². The van der Waals surface area contributed by atoms with Crippen LogP contribution in [0.3, 0.4) is 0 Å². The van der Waals surface area contributed by atoms with Crippen molar-refractivity contribution in [3.8, 4) is 5.69 Å². The number of fused-ring (bicyclic) bond motifs is 1. The van der Waals surface area contributed by atoms with E-state index in [2.05, 4.69) is 5.32 Å². The van der Waals surface area contributed by atoms with Crippen LogP contribution in [0, 0.1) is 13.8 Å². The molecule has 1 N–H and O–H groups in total. The zero-order valence-electron chi connectivity index (χ0n) is 21.6. The number of nitrogens with one attached hydrogen (secondary N) is 1. The average Bonchev–Trinajstić information content (AvgIpc) is 2.87. The van der Waals surface area contributed by atoms with E-state index >= 15 is 0 Å². The summed E-state index contributed by atoms with van der Waals surface area (Å²) in [6.07, 6.45) is -3.95. The predicted octanol–water partition coefficient (Wildman–Crippen LogP) is 7.03. The Morgan fingerprint density at radius 3 is 2.47 bits per heavy atom. The molecule has 1 aromatic heterocycles. The number of halogens is 3. The second kappa shape index (κ2) is 10.7. The molecule has 9 heteroatoms. The van der Waals surface area contributed by atoms with Crippen LogP contribution in [0.4, 0.5) is 23.7 Å². The Kier molecular flexibility index (Phi) is 7.57. The summed E-state index contributed by atoms with van der Waals surface area (Å²) in [4.78, 5) is 33.5. The number of anilines is 1. The summed E-state index contributed by atoms with van der Waals surface area (Å²) in [6.45, 7) is 7.81. The van der Waals surface area contributed by atoms with Crippen LogP contribution in [0.15, 0.2) is 71.5 Å². The Morgan fingerprint density at radius 1 is 1.05 bits per heavy atom. The second-order valence-electron chi connectivity index (χ2n) is 9.30. The van der Waals surface area contributed by atoms with Gasteiger partial charge in [-0.1, -0.05) is 42.8 Å². The topological polar surface area (TPSA) is 67.2 Å². The lowest BCUT2D eigenvalue weighted by molar-refractivity contribution is -0.137. The minimum Gasteiger partial charge on any atom is -0.315 e. The molecule has 4 aromatic rings. The maximum atomic E-state index is 13.8. The number of hydrogen-bond donors (Lipinski definition) is 1. The lowest BCUT2D eigenvalue weighted by Gasteiger charge is -2.30. The molecule has 0 spiro atoms. The van der Waals surface area contributed by atoms with Crippen molar-refractivity contribution < 1.29 is 18.0 Å². The quantitative estimate of drug-likeness (QED) is 0.296. The van der Waals surface area contributed by atoms with Gasteiger partial charge in [0.05, 0.1) is 28.2 Å². The second-order valence-corrected chi connectivity index (χ2v) is 9.30. The van der Waals surface area contributed by atoms with Crippen molar-refractivity contribution in [3.05, 3.63) is 99.6 Å². The van der Waals surface area contributed by atoms with E-state index in [0.717, 1.165) is 23.3 Å². The maximum Gasteiger partial charge on any atom is 0.416 e. The van der Waals surface area contributed by atoms with Crippen molar-refractivity contribution in [1.82, 2.24) is 14.5 Å². The number of rotatable bonds is 6. The smallest absolute Gasteiger partial charge is 0.315 e. The van der Waals surface area contributed by atoms with Gasteiger partial charge >= 0.3 is 12.2 Å². The van der Waals surface area contributed by atoms with Gasteiger partial charge in [0.1, 0.15) is 5.82 Å². The molecule has 0 saturated heterocycles. The number of alkyl halides is 3.